The molecule has 7 nitrogen and oxygen atoms in total. The largest absolute Gasteiger partial charge is 0.329 e. The Morgan fingerprint density at radius 3 is 1.76 bits per heavy atom. The fraction of sp³-hybridized carbons (Fsp3) is 0.133. The van der Waals surface area contributed by atoms with Crippen LogP contribution < -0.4 is 5.32 Å². The summed E-state index contributed by atoms with van der Waals surface area (Å²) in [4.78, 5) is 12.0. The number of carbonyl (C=O) groups excluding carboxylic acids is 1. The van der Waals surface area contributed by atoms with E-state index in [2.05, 4.69) is 18.1 Å². The molecule has 0 aromatic heterocycles. The molecule has 0 radical (unpaired) electrons. The van der Waals surface area contributed by atoms with Crippen molar-refractivity contribution in [3.05, 3.63) is 60.7 Å². The fourth-order valence-electron chi connectivity index (χ4n) is 1.88. The molecule has 0 aliphatic rings. The summed E-state index contributed by atoms with van der Waals surface area (Å²) in [5.74, 6) is -1.37. The minimum atomic E-state index is -3.77. The van der Waals surface area contributed by atoms with Gasteiger partial charge in [0.2, 0.25) is 0 Å². The predicted molar refractivity (Wildman–Crippen MR) is 96.3 cm³/mol. The van der Waals surface area contributed by atoms with Crippen molar-refractivity contribution in [3.8, 4) is 0 Å². The Bertz CT molecular complexity index is 930. The lowest BCUT2D eigenvalue weighted by atomic mass is 10.4. The number of amides is 2. The second kappa shape index (κ2) is 7.89. The maximum absolute atomic E-state index is 12.2. The van der Waals surface area contributed by atoms with Gasteiger partial charge in [0.05, 0.1) is 9.79 Å². The number of benzene rings is 2. The highest BCUT2D eigenvalue weighted by atomic mass is 32.2. The van der Waals surface area contributed by atoms with Gasteiger partial charge >= 0.3 is 6.03 Å². The number of sulfone groups is 2. The highest BCUT2D eigenvalue weighted by molar-refractivity contribution is 7.92. The Morgan fingerprint density at radius 2 is 1.28 bits per heavy atom. The Hall–Kier alpha value is -2.04. The van der Waals surface area contributed by atoms with E-state index in [4.69, 9.17) is 0 Å². The molecule has 0 saturated carbocycles. The van der Waals surface area contributed by atoms with Gasteiger partial charge in [-0.2, -0.15) is 0 Å². The minimum Gasteiger partial charge on any atom is -0.323 e. The summed E-state index contributed by atoms with van der Waals surface area (Å²) >= 11 is 3.83. The van der Waals surface area contributed by atoms with Gasteiger partial charge in [-0.15, -0.1) is 0 Å². The molecule has 2 rings (SSSR count). The maximum atomic E-state index is 12.2. The van der Waals surface area contributed by atoms with Gasteiger partial charge in [-0.25, -0.2) is 21.6 Å². The summed E-state index contributed by atoms with van der Waals surface area (Å²) in [6.45, 7) is 0. The van der Waals surface area contributed by atoms with Crippen LogP contribution in [-0.2, 0) is 19.7 Å². The van der Waals surface area contributed by atoms with Crippen molar-refractivity contribution in [2.75, 3.05) is 11.8 Å². The van der Waals surface area contributed by atoms with E-state index >= 15 is 0 Å². The molecule has 2 aromatic carbocycles. The average Bonchev–Trinajstić information content (AvgIpc) is 2.61. The summed E-state index contributed by atoms with van der Waals surface area (Å²) in [6.07, 6.45) is 0. The van der Waals surface area contributed by atoms with Crippen LogP contribution in [0.15, 0.2) is 70.5 Å². The number of nitrogens with zero attached hydrogens (tertiary/aromatic N) is 1. The number of carbonyl (C=O) groups is 1. The summed E-state index contributed by atoms with van der Waals surface area (Å²) in [5, 5.41) is 2.15. The first-order valence-electron chi connectivity index (χ1n) is 7.02. The van der Waals surface area contributed by atoms with E-state index in [1.54, 1.807) is 36.4 Å². The molecule has 0 saturated heterocycles. The molecule has 2 aromatic rings. The fourth-order valence-corrected chi connectivity index (χ4v) is 4.62. The van der Waals surface area contributed by atoms with Crippen molar-refractivity contribution in [1.82, 2.24) is 9.62 Å². The minimum absolute atomic E-state index is 0.0405. The molecule has 10 heteroatoms. The Labute approximate surface area is 152 Å². The standard InChI is InChI=1S/C15H16N2O5S3/c18-15(16-11-24(19,20)13-7-3-1-4-8-13)17(23)12-25(21,22)14-9-5-2-6-10-14/h1-10,23H,11-12H2,(H,16,18). The molecule has 0 spiro atoms. The van der Waals surface area contributed by atoms with Crippen molar-refractivity contribution in [2.45, 2.75) is 9.79 Å². The molecule has 0 aliphatic carbocycles. The molecule has 0 heterocycles. The van der Waals surface area contributed by atoms with E-state index in [9.17, 15) is 21.6 Å². The van der Waals surface area contributed by atoms with Crippen molar-refractivity contribution >= 4 is 38.5 Å². The van der Waals surface area contributed by atoms with Gasteiger partial charge in [0, 0.05) is 0 Å². The van der Waals surface area contributed by atoms with Crippen LogP contribution >= 0.6 is 12.8 Å². The van der Waals surface area contributed by atoms with Crippen LogP contribution in [0.2, 0.25) is 0 Å². The lowest BCUT2D eigenvalue weighted by Crippen LogP contribution is -2.39. The molecule has 0 unspecified atom stereocenters. The molecule has 0 aliphatic heterocycles. The zero-order chi connectivity index (χ0) is 18.5. The van der Waals surface area contributed by atoms with Crippen LogP contribution in [0.5, 0.6) is 0 Å². The lowest BCUT2D eigenvalue weighted by Gasteiger charge is -2.16. The normalized spacial score (nSPS) is 11.7. The quantitative estimate of drug-likeness (QED) is 0.719. The van der Waals surface area contributed by atoms with Gasteiger partial charge in [0.1, 0.15) is 11.8 Å². The van der Waals surface area contributed by atoms with E-state index in [1.165, 1.54) is 24.3 Å². The van der Waals surface area contributed by atoms with Crippen molar-refractivity contribution in [2.24, 2.45) is 0 Å². The van der Waals surface area contributed by atoms with E-state index < -0.39 is 37.5 Å². The van der Waals surface area contributed by atoms with Gasteiger partial charge in [0.25, 0.3) is 0 Å². The highest BCUT2D eigenvalue weighted by Crippen LogP contribution is 2.13. The smallest absolute Gasteiger partial charge is 0.323 e. The van der Waals surface area contributed by atoms with Gasteiger partial charge < -0.3 is 5.32 Å². The van der Waals surface area contributed by atoms with E-state index in [1.807, 2.05) is 0 Å². The van der Waals surface area contributed by atoms with Crippen LogP contribution in [-0.4, -0.2) is 38.9 Å². The first kappa shape index (κ1) is 19.3. The number of hydrogen-bond acceptors (Lipinski definition) is 6. The number of rotatable bonds is 6. The molecular weight excluding hydrogens is 384 g/mol. The second-order valence-electron chi connectivity index (χ2n) is 5.01. The molecule has 0 bridgehead atoms. The van der Waals surface area contributed by atoms with E-state index in [0.29, 0.717) is 4.31 Å². The van der Waals surface area contributed by atoms with E-state index in [-0.39, 0.29) is 9.79 Å². The Morgan fingerprint density at radius 1 is 0.840 bits per heavy atom. The third kappa shape index (κ3) is 5.21. The number of urea groups is 1. The third-order valence-electron chi connectivity index (χ3n) is 3.14. The molecule has 0 atom stereocenters. The molecule has 134 valence electrons. The van der Waals surface area contributed by atoms with Gasteiger partial charge in [-0.1, -0.05) is 49.2 Å². The topological polar surface area (TPSA) is 101 Å². The van der Waals surface area contributed by atoms with Crippen LogP contribution in [0, 0.1) is 0 Å². The number of thiol groups is 1. The van der Waals surface area contributed by atoms with Gasteiger partial charge in [-0.3, -0.25) is 4.31 Å². The predicted octanol–water partition coefficient (Wildman–Crippen LogP) is 1.71. The maximum Gasteiger partial charge on any atom is 0.329 e. The lowest BCUT2D eigenvalue weighted by molar-refractivity contribution is 0.231. The zero-order valence-corrected chi connectivity index (χ0v) is 15.5. The first-order chi connectivity index (χ1) is 11.7. The third-order valence-corrected chi connectivity index (χ3v) is 6.76. The monoisotopic (exact) mass is 400 g/mol. The van der Waals surface area contributed by atoms with Gasteiger partial charge in [-0.05, 0) is 24.3 Å². The summed E-state index contributed by atoms with van der Waals surface area (Å²) < 4.78 is 49.2. The molecule has 1 N–H and O–H groups in total. The first-order valence-corrected chi connectivity index (χ1v) is 10.7. The van der Waals surface area contributed by atoms with Crippen LogP contribution in [0.4, 0.5) is 4.79 Å². The molecule has 0 fully saturated rings. The van der Waals surface area contributed by atoms with Crippen LogP contribution in [0.1, 0.15) is 0 Å². The summed E-state index contributed by atoms with van der Waals surface area (Å²) in [5.41, 5.74) is 0. The molecule has 2 amide bonds. The molecule has 25 heavy (non-hydrogen) atoms. The summed E-state index contributed by atoms with van der Waals surface area (Å²) in [6, 6.07) is 14.2. The Kier molecular flexibility index (Phi) is 6.09. The van der Waals surface area contributed by atoms with Crippen molar-refractivity contribution in [1.29, 1.82) is 0 Å². The number of nitrogens with one attached hydrogen (secondary N) is 1. The summed E-state index contributed by atoms with van der Waals surface area (Å²) in [7, 11) is -7.50. The van der Waals surface area contributed by atoms with Crippen molar-refractivity contribution < 1.29 is 21.6 Å². The Balaban J connectivity index is 1.99. The molecular formula is C15H16N2O5S3. The van der Waals surface area contributed by atoms with Crippen LogP contribution in [0.3, 0.4) is 0 Å². The average molecular weight is 401 g/mol. The van der Waals surface area contributed by atoms with Crippen molar-refractivity contribution in [3.63, 3.8) is 0 Å². The zero-order valence-electron chi connectivity index (χ0n) is 12.9. The SMILES string of the molecule is O=C(NCS(=O)(=O)c1ccccc1)N(S)CS(=O)(=O)c1ccccc1. The van der Waals surface area contributed by atoms with Crippen LogP contribution in [0.25, 0.3) is 0 Å². The van der Waals surface area contributed by atoms with E-state index in [0.717, 1.165) is 0 Å². The number of hydrogen-bond donors (Lipinski definition) is 2. The highest BCUT2D eigenvalue weighted by Gasteiger charge is 2.22. The second-order valence-corrected chi connectivity index (χ2v) is 9.44. The van der Waals surface area contributed by atoms with Gasteiger partial charge in [0.15, 0.2) is 19.7 Å².